The molecule has 0 aliphatic heterocycles. The van der Waals surface area contributed by atoms with Crippen LogP contribution in [-0.4, -0.2) is 22.2 Å². The fraction of sp³-hybridized carbons (Fsp3) is 0.269. The Morgan fingerprint density at radius 3 is 2.33 bits per heavy atom. The molecule has 188 valence electrons. The highest BCUT2D eigenvalue weighted by Crippen LogP contribution is 2.38. The van der Waals surface area contributed by atoms with Crippen LogP contribution in [-0.2, 0) is 4.79 Å². The smallest absolute Gasteiger partial charge is 0.335 e. The van der Waals surface area contributed by atoms with Crippen LogP contribution in [0.2, 0.25) is 5.02 Å². The number of carbonyl (C=O) groups excluding carboxylic acids is 1. The summed E-state index contributed by atoms with van der Waals surface area (Å²) in [5.41, 5.74) is -0.370. The molecule has 6 nitrogen and oxygen atoms in total. The van der Waals surface area contributed by atoms with Crippen LogP contribution in [0, 0.1) is 11.7 Å². The number of aromatic nitrogens is 1. The van der Waals surface area contributed by atoms with Gasteiger partial charge in [0.2, 0.25) is 17.8 Å². The number of benzene rings is 2. The third kappa shape index (κ3) is 5.31. The monoisotopic (exact) mass is 519 g/mol. The average molecular weight is 520 g/mol. The van der Waals surface area contributed by atoms with Crippen molar-refractivity contribution in [1.29, 1.82) is 0 Å². The highest BCUT2D eigenvalue weighted by atomic mass is 35.5. The van der Waals surface area contributed by atoms with E-state index in [0.717, 1.165) is 37.6 Å². The van der Waals surface area contributed by atoms with Crippen LogP contribution in [0.1, 0.15) is 59.6 Å². The quantitative estimate of drug-likeness (QED) is 0.243. The Balaban J connectivity index is 1.66. The lowest BCUT2D eigenvalue weighted by Gasteiger charge is -2.28. The second kappa shape index (κ2) is 10.6. The number of nitrogens with one attached hydrogen (secondary N) is 1. The molecule has 0 bridgehead atoms. The van der Waals surface area contributed by atoms with Crippen LogP contribution >= 0.6 is 11.6 Å². The Kier molecular flexibility index (Phi) is 7.49. The van der Waals surface area contributed by atoms with Crippen molar-refractivity contribution in [1.82, 2.24) is 0 Å². The summed E-state index contributed by atoms with van der Waals surface area (Å²) in [4.78, 5) is 24.3. The molecule has 1 amide bonds. The second-order valence-corrected chi connectivity index (χ2v) is 9.18. The van der Waals surface area contributed by atoms with Crippen molar-refractivity contribution in [3.8, 4) is 11.1 Å². The standard InChI is InChI=1S/C26H22ClF3N2O4/c27-20-10-9-18(24(29)30)22(23(20)28)16-6-11-21(32(36)13-16)19(12-14-2-1-3-14)25(33)31-17-7-4-15(5-8-17)26(34)35/h4-11,13-14,19,24H,1-3,12H2,(H2-,31,33,34,35,36)/p+1/t19-/m0/s1. The van der Waals surface area contributed by atoms with E-state index in [1.165, 1.54) is 36.4 Å². The third-order valence-electron chi connectivity index (χ3n) is 6.48. The van der Waals surface area contributed by atoms with Gasteiger partial charge in [-0.3, -0.25) is 10.0 Å². The molecule has 10 heteroatoms. The molecule has 4 rings (SSSR count). The van der Waals surface area contributed by atoms with E-state index >= 15 is 0 Å². The third-order valence-corrected chi connectivity index (χ3v) is 6.77. The van der Waals surface area contributed by atoms with Crippen molar-refractivity contribution in [3.63, 3.8) is 0 Å². The van der Waals surface area contributed by atoms with Gasteiger partial charge in [0.25, 0.3) is 6.43 Å². The molecule has 0 unspecified atom stereocenters. The predicted molar refractivity (Wildman–Crippen MR) is 126 cm³/mol. The van der Waals surface area contributed by atoms with E-state index < -0.39 is 41.2 Å². The van der Waals surface area contributed by atoms with Gasteiger partial charge in [-0.05, 0) is 48.7 Å². The number of hydrogen-bond acceptors (Lipinski definition) is 3. The van der Waals surface area contributed by atoms with Crippen LogP contribution in [0.15, 0.2) is 54.7 Å². The van der Waals surface area contributed by atoms with Gasteiger partial charge in [-0.2, -0.15) is 0 Å². The minimum Gasteiger partial charge on any atom is -0.478 e. The molecule has 3 N–H and O–H groups in total. The Morgan fingerprint density at radius 1 is 1.08 bits per heavy atom. The fourth-order valence-electron chi connectivity index (χ4n) is 4.31. The van der Waals surface area contributed by atoms with Crippen LogP contribution in [0.25, 0.3) is 11.1 Å². The minimum atomic E-state index is -2.97. The number of aromatic carboxylic acids is 1. The summed E-state index contributed by atoms with van der Waals surface area (Å²) in [6.07, 6.45) is 1.46. The second-order valence-electron chi connectivity index (χ2n) is 8.77. The number of nitrogens with zero attached hydrogens (tertiary/aromatic N) is 1. The van der Waals surface area contributed by atoms with E-state index in [0.29, 0.717) is 16.8 Å². The molecule has 1 aliphatic carbocycles. The number of pyridine rings is 1. The predicted octanol–water partition coefficient (Wildman–Crippen LogP) is 6.22. The number of anilines is 1. The van der Waals surface area contributed by atoms with Crippen LogP contribution in [0.5, 0.6) is 0 Å². The van der Waals surface area contributed by atoms with E-state index in [9.17, 15) is 28.0 Å². The summed E-state index contributed by atoms with van der Waals surface area (Å²) in [6, 6.07) is 10.5. The normalized spacial score (nSPS) is 14.4. The number of carboxylic acids is 1. The van der Waals surface area contributed by atoms with Crippen molar-refractivity contribution in [2.75, 3.05) is 5.32 Å². The van der Waals surface area contributed by atoms with E-state index in [-0.39, 0.29) is 27.8 Å². The van der Waals surface area contributed by atoms with Crippen LogP contribution in [0.4, 0.5) is 18.9 Å². The average Bonchev–Trinajstić information content (AvgIpc) is 2.80. The maximum Gasteiger partial charge on any atom is 0.335 e. The largest absolute Gasteiger partial charge is 0.478 e. The minimum absolute atomic E-state index is 0.0244. The van der Waals surface area contributed by atoms with Gasteiger partial charge in [0.05, 0.1) is 16.1 Å². The van der Waals surface area contributed by atoms with E-state index in [2.05, 4.69) is 5.32 Å². The number of halogens is 4. The van der Waals surface area contributed by atoms with Crippen molar-refractivity contribution in [2.45, 2.75) is 38.0 Å². The number of carboxylic acid groups (broad SMARTS) is 1. The molecule has 36 heavy (non-hydrogen) atoms. The summed E-state index contributed by atoms with van der Waals surface area (Å²) in [5.74, 6) is -3.08. The van der Waals surface area contributed by atoms with E-state index in [1.807, 2.05) is 0 Å². The molecule has 2 aromatic carbocycles. The number of amides is 1. The lowest BCUT2D eigenvalue weighted by atomic mass is 9.77. The Hall–Kier alpha value is -3.59. The van der Waals surface area contributed by atoms with Gasteiger partial charge in [0.15, 0.2) is 0 Å². The first-order chi connectivity index (χ1) is 17.2. The van der Waals surface area contributed by atoms with Crippen molar-refractivity contribution >= 4 is 29.2 Å². The first-order valence-corrected chi connectivity index (χ1v) is 11.7. The highest BCUT2D eigenvalue weighted by Gasteiger charge is 2.35. The molecule has 0 radical (unpaired) electrons. The molecular formula is C26H23ClF3N2O4+. The summed E-state index contributed by atoms with van der Waals surface area (Å²) >= 11 is 5.81. The van der Waals surface area contributed by atoms with E-state index in [4.69, 9.17) is 16.7 Å². The van der Waals surface area contributed by atoms with Gasteiger partial charge in [0.1, 0.15) is 11.7 Å². The van der Waals surface area contributed by atoms with Gasteiger partial charge < -0.3 is 10.4 Å². The van der Waals surface area contributed by atoms with Gasteiger partial charge in [-0.25, -0.2) is 18.0 Å². The lowest BCUT2D eigenvalue weighted by molar-refractivity contribution is -0.909. The number of alkyl halides is 2. The van der Waals surface area contributed by atoms with Crippen molar-refractivity contribution < 1.29 is 37.8 Å². The zero-order valence-corrected chi connectivity index (χ0v) is 19.7. The zero-order chi connectivity index (χ0) is 26.0. The molecular weight excluding hydrogens is 497 g/mol. The SMILES string of the molecule is O=C(O)c1ccc(NC(=O)[C@@H](CC2CCC2)c2ccc(-c3c(C(F)F)ccc(Cl)c3F)c[n+]2O)cc1. The van der Waals surface area contributed by atoms with Crippen LogP contribution in [0.3, 0.4) is 0 Å². The molecule has 1 saturated carbocycles. The molecule has 1 fully saturated rings. The fourth-order valence-corrected chi connectivity index (χ4v) is 4.47. The van der Waals surface area contributed by atoms with Gasteiger partial charge in [0, 0.05) is 27.6 Å². The first kappa shape index (κ1) is 25.5. The molecule has 0 spiro atoms. The maximum atomic E-state index is 14.7. The Morgan fingerprint density at radius 2 is 1.78 bits per heavy atom. The lowest BCUT2D eigenvalue weighted by Crippen LogP contribution is -2.40. The van der Waals surface area contributed by atoms with Gasteiger partial charge in [-0.15, -0.1) is 0 Å². The summed E-state index contributed by atoms with van der Waals surface area (Å²) in [6.45, 7) is 0. The number of rotatable bonds is 8. The highest BCUT2D eigenvalue weighted by molar-refractivity contribution is 6.31. The van der Waals surface area contributed by atoms with E-state index in [1.54, 1.807) is 0 Å². The summed E-state index contributed by atoms with van der Waals surface area (Å²) in [5, 5.41) is 22.2. The topological polar surface area (TPSA) is 90.5 Å². The van der Waals surface area contributed by atoms with Crippen LogP contribution < -0.4 is 10.0 Å². The molecule has 1 aliphatic rings. The number of hydrogen-bond donors (Lipinski definition) is 3. The molecule has 0 saturated heterocycles. The molecule has 1 aromatic heterocycles. The molecule has 1 atom stereocenters. The first-order valence-electron chi connectivity index (χ1n) is 11.3. The molecule has 3 aromatic rings. The maximum absolute atomic E-state index is 14.7. The molecule has 1 heterocycles. The van der Waals surface area contributed by atoms with Crippen molar-refractivity contribution in [3.05, 3.63) is 82.4 Å². The number of carbonyl (C=O) groups is 2. The Labute approximate surface area is 209 Å². The van der Waals surface area contributed by atoms with Gasteiger partial charge >= 0.3 is 5.97 Å². The van der Waals surface area contributed by atoms with Gasteiger partial charge in [-0.1, -0.05) is 36.9 Å². The van der Waals surface area contributed by atoms with Crippen molar-refractivity contribution in [2.24, 2.45) is 5.92 Å². The zero-order valence-electron chi connectivity index (χ0n) is 18.9. The summed E-state index contributed by atoms with van der Waals surface area (Å²) < 4.78 is 42.4. The summed E-state index contributed by atoms with van der Waals surface area (Å²) in [7, 11) is 0. The Bertz CT molecular complexity index is 1300.